The molecule has 1 atom stereocenters. The number of nitrogens with zero attached hydrogens (tertiary/aromatic N) is 1. The number of rotatable bonds is 4. The van der Waals surface area contributed by atoms with Crippen molar-refractivity contribution >= 4 is 0 Å². The molecule has 0 saturated heterocycles. The van der Waals surface area contributed by atoms with Gasteiger partial charge in [-0.05, 0) is 19.1 Å². The summed E-state index contributed by atoms with van der Waals surface area (Å²) in [5, 5.41) is 2.97. The molecule has 0 saturated carbocycles. The summed E-state index contributed by atoms with van der Waals surface area (Å²) in [6, 6.07) is 3.38. The lowest BCUT2D eigenvalue weighted by molar-refractivity contribution is 0.439. The molecule has 0 bridgehead atoms. The molecule has 1 heterocycles. The molecule has 1 aromatic heterocycles. The van der Waals surface area contributed by atoms with Gasteiger partial charge in [-0.1, -0.05) is 6.07 Å². The van der Waals surface area contributed by atoms with E-state index in [4.69, 9.17) is 4.42 Å². The van der Waals surface area contributed by atoms with Gasteiger partial charge >= 0.3 is 0 Å². The van der Waals surface area contributed by atoms with Crippen molar-refractivity contribution in [3.05, 3.63) is 53.7 Å². The Labute approximate surface area is 97.5 Å². The van der Waals surface area contributed by atoms with Crippen molar-refractivity contribution in [1.82, 2.24) is 10.3 Å². The predicted molar refractivity (Wildman–Crippen MR) is 58.1 cm³/mol. The van der Waals surface area contributed by atoms with Gasteiger partial charge in [0.1, 0.15) is 17.4 Å². The third-order valence-corrected chi connectivity index (χ3v) is 2.50. The number of oxazole rings is 1. The van der Waals surface area contributed by atoms with E-state index in [-0.39, 0.29) is 5.56 Å². The molecule has 3 nitrogen and oxygen atoms in total. The molecule has 1 aromatic carbocycles. The van der Waals surface area contributed by atoms with Crippen molar-refractivity contribution in [1.29, 1.82) is 0 Å². The summed E-state index contributed by atoms with van der Waals surface area (Å²) in [5.41, 5.74) is 0.0343. The van der Waals surface area contributed by atoms with Gasteiger partial charge < -0.3 is 9.73 Å². The Bertz CT molecular complexity index is 465. The van der Waals surface area contributed by atoms with E-state index in [1.54, 1.807) is 13.1 Å². The first-order chi connectivity index (χ1) is 8.18. The molecule has 90 valence electrons. The third kappa shape index (κ3) is 2.68. The molecule has 0 aliphatic heterocycles. The number of hydrogen-bond donors (Lipinski definition) is 1. The van der Waals surface area contributed by atoms with Crippen molar-refractivity contribution in [2.45, 2.75) is 19.5 Å². The van der Waals surface area contributed by atoms with Gasteiger partial charge in [0.2, 0.25) is 0 Å². The van der Waals surface area contributed by atoms with E-state index in [0.29, 0.717) is 12.3 Å². The lowest BCUT2D eigenvalue weighted by Gasteiger charge is -2.14. The minimum Gasteiger partial charge on any atom is -0.447 e. The molecular weight excluding hydrogens is 226 g/mol. The Morgan fingerprint density at radius 1 is 1.35 bits per heavy atom. The van der Waals surface area contributed by atoms with Gasteiger partial charge in [-0.25, -0.2) is 13.8 Å². The first-order valence-electron chi connectivity index (χ1n) is 5.23. The quantitative estimate of drug-likeness (QED) is 0.890. The Morgan fingerprint density at radius 2 is 2.06 bits per heavy atom. The van der Waals surface area contributed by atoms with Crippen LogP contribution in [0.15, 0.2) is 35.2 Å². The van der Waals surface area contributed by atoms with Gasteiger partial charge in [0.25, 0.3) is 0 Å². The number of hydrogen-bond acceptors (Lipinski definition) is 3. The normalized spacial score (nSPS) is 12.6. The van der Waals surface area contributed by atoms with Crippen LogP contribution in [0.3, 0.4) is 0 Å². The fourth-order valence-electron chi connectivity index (χ4n) is 1.61. The number of halogens is 2. The molecule has 1 unspecified atom stereocenters. The maximum Gasteiger partial charge on any atom is 0.180 e. The summed E-state index contributed by atoms with van der Waals surface area (Å²) >= 11 is 0. The van der Waals surface area contributed by atoms with Gasteiger partial charge in [0, 0.05) is 11.6 Å². The second-order valence-corrected chi connectivity index (χ2v) is 3.71. The largest absolute Gasteiger partial charge is 0.447 e. The fourth-order valence-corrected chi connectivity index (χ4v) is 1.61. The second kappa shape index (κ2) is 5.05. The van der Waals surface area contributed by atoms with Gasteiger partial charge in [-0.15, -0.1) is 0 Å². The summed E-state index contributed by atoms with van der Waals surface area (Å²) in [5.74, 6) is -0.487. The Hall–Kier alpha value is -1.75. The highest BCUT2D eigenvalue weighted by Gasteiger charge is 2.15. The van der Waals surface area contributed by atoms with E-state index in [0.717, 1.165) is 0 Å². The van der Waals surface area contributed by atoms with E-state index in [2.05, 4.69) is 10.3 Å². The van der Waals surface area contributed by atoms with E-state index in [1.165, 1.54) is 24.6 Å². The average molecular weight is 238 g/mol. The van der Waals surface area contributed by atoms with Crippen LogP contribution in [0.25, 0.3) is 0 Å². The molecule has 0 radical (unpaired) electrons. The van der Waals surface area contributed by atoms with Crippen LogP contribution < -0.4 is 5.32 Å². The van der Waals surface area contributed by atoms with Gasteiger partial charge in [-0.2, -0.15) is 0 Å². The molecule has 0 fully saturated rings. The topological polar surface area (TPSA) is 38.1 Å². The van der Waals surface area contributed by atoms with Gasteiger partial charge in [0.15, 0.2) is 6.39 Å². The summed E-state index contributed by atoms with van der Waals surface area (Å²) in [4.78, 5) is 3.75. The number of benzene rings is 1. The van der Waals surface area contributed by atoms with Crippen LogP contribution in [-0.4, -0.2) is 4.98 Å². The van der Waals surface area contributed by atoms with Crippen molar-refractivity contribution in [2.24, 2.45) is 0 Å². The van der Waals surface area contributed by atoms with Crippen molar-refractivity contribution < 1.29 is 13.2 Å². The summed E-state index contributed by atoms with van der Waals surface area (Å²) in [6.07, 6.45) is 2.86. The van der Waals surface area contributed by atoms with Crippen LogP contribution in [-0.2, 0) is 6.54 Å². The lowest BCUT2D eigenvalue weighted by Crippen LogP contribution is -2.20. The van der Waals surface area contributed by atoms with E-state index in [1.807, 2.05) is 0 Å². The highest BCUT2D eigenvalue weighted by molar-refractivity contribution is 5.22. The Morgan fingerprint density at radius 3 is 2.65 bits per heavy atom. The summed E-state index contributed by atoms with van der Waals surface area (Å²) < 4.78 is 31.9. The van der Waals surface area contributed by atoms with Crippen LogP contribution in [0.1, 0.15) is 24.3 Å². The summed E-state index contributed by atoms with van der Waals surface area (Å²) in [6.45, 7) is 2.06. The monoisotopic (exact) mass is 238 g/mol. The zero-order valence-electron chi connectivity index (χ0n) is 9.28. The van der Waals surface area contributed by atoms with Crippen molar-refractivity contribution in [3.63, 3.8) is 0 Å². The Kier molecular flexibility index (Phi) is 3.49. The molecule has 5 heteroatoms. The molecule has 2 aromatic rings. The highest BCUT2D eigenvalue weighted by Crippen LogP contribution is 2.20. The molecule has 1 N–H and O–H groups in total. The zero-order chi connectivity index (χ0) is 12.3. The molecule has 0 aliphatic carbocycles. The van der Waals surface area contributed by atoms with Gasteiger partial charge in [0.05, 0.1) is 12.7 Å². The smallest absolute Gasteiger partial charge is 0.180 e. The lowest BCUT2D eigenvalue weighted by atomic mass is 10.1. The first kappa shape index (κ1) is 11.7. The maximum atomic E-state index is 13.5. The Balaban J connectivity index is 2.07. The van der Waals surface area contributed by atoms with Gasteiger partial charge in [-0.3, -0.25) is 0 Å². The van der Waals surface area contributed by atoms with Crippen LogP contribution in [0.4, 0.5) is 8.78 Å². The highest BCUT2D eigenvalue weighted by atomic mass is 19.1. The minimum absolute atomic E-state index is 0.0343. The molecular formula is C12H12F2N2O. The molecule has 17 heavy (non-hydrogen) atoms. The van der Waals surface area contributed by atoms with Crippen molar-refractivity contribution in [2.75, 3.05) is 0 Å². The predicted octanol–water partition coefficient (Wildman–Crippen LogP) is 2.80. The standard InChI is InChI=1S/C12H12F2N2O/c1-8(16-6-9-5-15-7-17-9)12-10(13)3-2-4-11(12)14/h2-5,7-8,16H,6H2,1H3. The first-order valence-corrected chi connectivity index (χ1v) is 5.23. The zero-order valence-corrected chi connectivity index (χ0v) is 9.28. The SMILES string of the molecule is CC(NCc1cnco1)c1c(F)cccc1F. The number of nitrogens with one attached hydrogen (secondary N) is 1. The summed E-state index contributed by atoms with van der Waals surface area (Å²) in [7, 11) is 0. The van der Waals surface area contributed by atoms with E-state index in [9.17, 15) is 8.78 Å². The van der Waals surface area contributed by atoms with E-state index < -0.39 is 17.7 Å². The second-order valence-electron chi connectivity index (χ2n) is 3.71. The van der Waals surface area contributed by atoms with Crippen LogP contribution in [0, 0.1) is 11.6 Å². The maximum absolute atomic E-state index is 13.5. The molecule has 0 aliphatic rings. The van der Waals surface area contributed by atoms with Crippen molar-refractivity contribution in [3.8, 4) is 0 Å². The molecule has 2 rings (SSSR count). The number of aromatic nitrogens is 1. The van der Waals surface area contributed by atoms with Crippen LogP contribution in [0.2, 0.25) is 0 Å². The van der Waals surface area contributed by atoms with Crippen LogP contribution in [0.5, 0.6) is 0 Å². The molecule has 0 amide bonds. The van der Waals surface area contributed by atoms with Crippen LogP contribution >= 0.6 is 0 Å². The average Bonchev–Trinajstić information content (AvgIpc) is 2.79. The van der Waals surface area contributed by atoms with E-state index >= 15 is 0 Å². The molecule has 0 spiro atoms. The fraction of sp³-hybridized carbons (Fsp3) is 0.250. The third-order valence-electron chi connectivity index (χ3n) is 2.50. The minimum atomic E-state index is -0.553.